The van der Waals surface area contributed by atoms with E-state index in [1.54, 1.807) is 13.8 Å². The van der Waals surface area contributed by atoms with Gasteiger partial charge in [-0.15, -0.1) is 0 Å². The van der Waals surface area contributed by atoms with Crippen molar-refractivity contribution in [1.29, 1.82) is 0 Å². The van der Waals surface area contributed by atoms with Gasteiger partial charge in [-0.3, -0.25) is 9.59 Å². The summed E-state index contributed by atoms with van der Waals surface area (Å²) in [6, 6.07) is 0. The summed E-state index contributed by atoms with van der Waals surface area (Å²) in [6.45, 7) is 10.4. The molecule has 0 aliphatic heterocycles. The van der Waals surface area contributed by atoms with Crippen molar-refractivity contribution in [2.24, 2.45) is 23.2 Å². The van der Waals surface area contributed by atoms with Gasteiger partial charge in [0.15, 0.2) is 0 Å². The average Bonchev–Trinajstić information content (AvgIpc) is 2.51. The van der Waals surface area contributed by atoms with E-state index in [0.717, 1.165) is 0 Å². The third-order valence-electron chi connectivity index (χ3n) is 5.04. The molecule has 0 bridgehead atoms. The molecule has 140 valence electrons. The zero-order chi connectivity index (χ0) is 18.2. The maximum Gasteiger partial charge on any atom is 0.319 e. The molecule has 0 heterocycles. The molecule has 0 radical (unpaired) electrons. The van der Waals surface area contributed by atoms with Gasteiger partial charge in [0, 0.05) is 6.61 Å². The van der Waals surface area contributed by atoms with E-state index in [4.69, 9.17) is 9.47 Å². The molecular formula is C17H32N2O5. The first kappa shape index (κ1) is 20.9. The van der Waals surface area contributed by atoms with E-state index in [0.29, 0.717) is 32.2 Å². The number of nitrogens with one attached hydrogen (secondary N) is 2. The Labute approximate surface area is 144 Å². The quantitative estimate of drug-likeness (QED) is 0.460. The van der Waals surface area contributed by atoms with E-state index in [1.165, 1.54) is 0 Å². The molecule has 7 nitrogen and oxygen atoms in total. The van der Waals surface area contributed by atoms with Crippen molar-refractivity contribution < 1.29 is 24.2 Å². The molecule has 3 N–H and O–H groups in total. The molecule has 1 saturated carbocycles. The van der Waals surface area contributed by atoms with Gasteiger partial charge in [0.05, 0.1) is 26.3 Å². The van der Waals surface area contributed by atoms with Gasteiger partial charge in [-0.2, -0.15) is 0 Å². The van der Waals surface area contributed by atoms with E-state index < -0.39 is 0 Å². The van der Waals surface area contributed by atoms with Gasteiger partial charge < -0.3 is 25.2 Å². The van der Waals surface area contributed by atoms with Gasteiger partial charge in [-0.1, -0.05) is 13.8 Å². The summed E-state index contributed by atoms with van der Waals surface area (Å²) in [4.78, 5) is 22.8. The maximum atomic E-state index is 11.4. The number of aliphatic hydroxyl groups excluding tert-OH is 1. The van der Waals surface area contributed by atoms with Gasteiger partial charge in [-0.25, -0.2) is 0 Å². The topological polar surface area (TPSA) is 96.9 Å². The molecule has 0 spiro atoms. The van der Waals surface area contributed by atoms with Crippen LogP contribution in [0.2, 0.25) is 0 Å². The monoisotopic (exact) mass is 344 g/mol. The number of esters is 2. The Kier molecular flexibility index (Phi) is 8.66. The molecule has 1 aliphatic rings. The molecule has 1 aliphatic carbocycles. The third kappa shape index (κ3) is 5.43. The Morgan fingerprint density at radius 3 is 1.92 bits per heavy atom. The molecule has 0 saturated heterocycles. The van der Waals surface area contributed by atoms with E-state index in [-0.39, 0.29) is 48.9 Å². The van der Waals surface area contributed by atoms with Crippen LogP contribution in [-0.4, -0.2) is 63.0 Å². The summed E-state index contributed by atoms with van der Waals surface area (Å²) in [6.07, 6.45) is 0. The largest absolute Gasteiger partial charge is 0.465 e. The molecule has 0 aromatic heterocycles. The first-order valence-corrected chi connectivity index (χ1v) is 8.71. The number of aliphatic hydroxyl groups is 1. The fourth-order valence-corrected chi connectivity index (χ4v) is 3.70. The van der Waals surface area contributed by atoms with Gasteiger partial charge in [-0.05, 0) is 50.1 Å². The average molecular weight is 344 g/mol. The van der Waals surface area contributed by atoms with E-state index >= 15 is 0 Å². The summed E-state index contributed by atoms with van der Waals surface area (Å²) < 4.78 is 9.80. The Morgan fingerprint density at radius 2 is 1.46 bits per heavy atom. The molecule has 0 unspecified atom stereocenters. The highest BCUT2D eigenvalue weighted by molar-refractivity contribution is 5.71. The Bertz CT molecular complexity index is 414. The van der Waals surface area contributed by atoms with Crippen LogP contribution in [0.25, 0.3) is 0 Å². The van der Waals surface area contributed by atoms with Crippen molar-refractivity contribution >= 4 is 11.9 Å². The maximum absolute atomic E-state index is 11.4. The number of ether oxygens (including phenoxy) is 2. The second kappa shape index (κ2) is 9.96. The van der Waals surface area contributed by atoms with Gasteiger partial charge in [0.1, 0.15) is 0 Å². The minimum absolute atomic E-state index is 0.0211. The van der Waals surface area contributed by atoms with Crippen molar-refractivity contribution in [2.45, 2.75) is 27.7 Å². The first-order valence-electron chi connectivity index (χ1n) is 8.71. The van der Waals surface area contributed by atoms with Crippen molar-refractivity contribution in [3.05, 3.63) is 0 Å². The molecule has 7 heteroatoms. The summed E-state index contributed by atoms with van der Waals surface area (Å²) in [5, 5.41) is 15.9. The fourth-order valence-electron chi connectivity index (χ4n) is 3.70. The van der Waals surface area contributed by atoms with Gasteiger partial charge in [0.25, 0.3) is 0 Å². The van der Waals surface area contributed by atoms with Crippen molar-refractivity contribution in [2.75, 3.05) is 46.0 Å². The number of rotatable bonds is 11. The van der Waals surface area contributed by atoms with E-state index in [9.17, 15) is 14.7 Å². The molecule has 3 atom stereocenters. The van der Waals surface area contributed by atoms with Crippen molar-refractivity contribution in [3.63, 3.8) is 0 Å². The van der Waals surface area contributed by atoms with Crippen LogP contribution in [0.3, 0.4) is 0 Å². The van der Waals surface area contributed by atoms with Crippen LogP contribution in [0.15, 0.2) is 0 Å². The molecule has 0 aromatic rings. The standard InChI is InChI=1S/C17H32N2O5/c1-5-23-15(21)9-18-7-12-13(17(3,4)14(12)11-20)8-19-10-16(22)24-6-2/h12-14,18-20H,5-11H2,1-4H3/t12-,13+,14+/m0/s1. The Hall–Kier alpha value is -1.18. The Balaban J connectivity index is 2.47. The molecule has 1 rings (SSSR count). The SMILES string of the molecule is CCOC(=O)CNC[C@@H]1[C@@H](CO)C(C)(C)[C@@H]1CNCC(=O)OCC. The molecular weight excluding hydrogens is 312 g/mol. The predicted octanol–water partition coefficient (Wildman–Crippen LogP) is 0.173. The van der Waals surface area contributed by atoms with Crippen LogP contribution < -0.4 is 10.6 Å². The highest BCUT2D eigenvalue weighted by Gasteiger charge is 2.54. The van der Waals surface area contributed by atoms with Crippen LogP contribution in [-0.2, 0) is 19.1 Å². The number of hydrogen-bond donors (Lipinski definition) is 3. The minimum atomic E-state index is -0.270. The van der Waals surface area contributed by atoms with Crippen LogP contribution in [0.5, 0.6) is 0 Å². The zero-order valence-corrected chi connectivity index (χ0v) is 15.3. The number of carbonyl (C=O) groups excluding carboxylic acids is 2. The number of carbonyl (C=O) groups is 2. The lowest BCUT2D eigenvalue weighted by Crippen LogP contribution is -2.61. The van der Waals surface area contributed by atoms with Crippen LogP contribution in [0.4, 0.5) is 0 Å². The summed E-state index contributed by atoms with van der Waals surface area (Å²) in [5.74, 6) is 0.188. The molecule has 1 fully saturated rings. The Morgan fingerprint density at radius 1 is 0.958 bits per heavy atom. The molecule has 0 amide bonds. The summed E-state index contributed by atoms with van der Waals surface area (Å²) >= 11 is 0. The predicted molar refractivity (Wildman–Crippen MR) is 90.3 cm³/mol. The van der Waals surface area contributed by atoms with Gasteiger partial charge >= 0.3 is 11.9 Å². The molecule has 0 aromatic carbocycles. The second-order valence-electron chi connectivity index (χ2n) is 6.75. The van der Waals surface area contributed by atoms with Crippen LogP contribution in [0.1, 0.15) is 27.7 Å². The van der Waals surface area contributed by atoms with E-state index in [2.05, 4.69) is 24.5 Å². The highest BCUT2D eigenvalue weighted by Crippen LogP contribution is 2.54. The minimum Gasteiger partial charge on any atom is -0.465 e. The highest BCUT2D eigenvalue weighted by atomic mass is 16.5. The second-order valence-corrected chi connectivity index (χ2v) is 6.75. The van der Waals surface area contributed by atoms with Crippen molar-refractivity contribution in [3.8, 4) is 0 Å². The smallest absolute Gasteiger partial charge is 0.319 e. The number of hydrogen-bond acceptors (Lipinski definition) is 7. The summed E-state index contributed by atoms with van der Waals surface area (Å²) in [5.41, 5.74) is -0.0211. The lowest BCUT2D eigenvalue weighted by atomic mass is 9.48. The summed E-state index contributed by atoms with van der Waals surface area (Å²) in [7, 11) is 0. The van der Waals surface area contributed by atoms with Crippen molar-refractivity contribution in [1.82, 2.24) is 10.6 Å². The third-order valence-corrected chi connectivity index (χ3v) is 5.04. The van der Waals surface area contributed by atoms with Crippen LogP contribution >= 0.6 is 0 Å². The lowest BCUT2D eigenvalue weighted by Gasteiger charge is -2.58. The van der Waals surface area contributed by atoms with E-state index in [1.807, 2.05) is 0 Å². The van der Waals surface area contributed by atoms with Crippen LogP contribution in [0, 0.1) is 23.2 Å². The normalized spacial score (nSPS) is 25.0. The first-order chi connectivity index (χ1) is 11.4. The lowest BCUT2D eigenvalue weighted by molar-refractivity contribution is -0.145. The molecule has 24 heavy (non-hydrogen) atoms. The van der Waals surface area contributed by atoms with Gasteiger partial charge in [0.2, 0.25) is 0 Å². The zero-order valence-electron chi connectivity index (χ0n) is 15.3. The fraction of sp³-hybridized carbons (Fsp3) is 0.882.